The maximum atomic E-state index is 12.3. The van der Waals surface area contributed by atoms with Crippen molar-refractivity contribution < 1.29 is 18.7 Å². The number of para-hydroxylation sites is 2. The first-order valence-electron chi connectivity index (χ1n) is 8.05. The van der Waals surface area contributed by atoms with Crippen molar-refractivity contribution in [3.8, 4) is 5.75 Å². The number of benzene rings is 1. The number of carbonyl (C=O) groups is 1. The first-order valence-corrected chi connectivity index (χ1v) is 8.05. The third-order valence-electron chi connectivity index (χ3n) is 3.58. The van der Waals surface area contributed by atoms with Crippen molar-refractivity contribution in [1.29, 1.82) is 0 Å². The van der Waals surface area contributed by atoms with E-state index in [2.05, 4.69) is 15.3 Å². The first kappa shape index (κ1) is 16.8. The smallest absolute Gasteiger partial charge is 0.342 e. The maximum Gasteiger partial charge on any atom is 0.342 e. The van der Waals surface area contributed by atoms with Gasteiger partial charge in [0.15, 0.2) is 0 Å². The van der Waals surface area contributed by atoms with Crippen LogP contribution in [0.3, 0.4) is 0 Å². The molecule has 0 aliphatic carbocycles. The first-order chi connectivity index (χ1) is 12.2. The molecule has 0 radical (unpaired) electrons. The van der Waals surface area contributed by atoms with E-state index in [1.54, 1.807) is 13.8 Å². The SMILES string of the molecule is CCOC(=O)c1c(C)oc2ncnc(Nc3ccccc3OCC)c12. The number of carbonyl (C=O) groups excluding carboxylic acids is 1. The summed E-state index contributed by atoms with van der Waals surface area (Å²) >= 11 is 0. The lowest BCUT2D eigenvalue weighted by Gasteiger charge is -2.12. The minimum Gasteiger partial charge on any atom is -0.492 e. The zero-order chi connectivity index (χ0) is 17.8. The summed E-state index contributed by atoms with van der Waals surface area (Å²) in [7, 11) is 0. The fourth-order valence-corrected chi connectivity index (χ4v) is 2.57. The summed E-state index contributed by atoms with van der Waals surface area (Å²) in [5, 5.41) is 3.70. The molecule has 0 unspecified atom stereocenters. The molecule has 0 saturated heterocycles. The number of fused-ring (bicyclic) bond motifs is 1. The predicted molar refractivity (Wildman–Crippen MR) is 93.4 cm³/mol. The number of aryl methyl sites for hydroxylation is 1. The van der Waals surface area contributed by atoms with Gasteiger partial charge in [-0.1, -0.05) is 12.1 Å². The molecular weight excluding hydrogens is 322 g/mol. The molecule has 0 fully saturated rings. The summed E-state index contributed by atoms with van der Waals surface area (Å²) in [6.45, 7) is 6.18. The van der Waals surface area contributed by atoms with Gasteiger partial charge in [-0.15, -0.1) is 0 Å². The van der Waals surface area contributed by atoms with Crippen LogP contribution >= 0.6 is 0 Å². The number of furan rings is 1. The summed E-state index contributed by atoms with van der Waals surface area (Å²) in [6, 6.07) is 7.50. The van der Waals surface area contributed by atoms with Gasteiger partial charge in [0.1, 0.15) is 29.2 Å². The third-order valence-corrected chi connectivity index (χ3v) is 3.58. The van der Waals surface area contributed by atoms with Gasteiger partial charge in [-0.2, -0.15) is 0 Å². The monoisotopic (exact) mass is 341 g/mol. The molecule has 7 nitrogen and oxygen atoms in total. The Bertz CT molecular complexity index is 904. The van der Waals surface area contributed by atoms with E-state index in [-0.39, 0.29) is 6.61 Å². The van der Waals surface area contributed by atoms with Crippen molar-refractivity contribution >= 4 is 28.6 Å². The summed E-state index contributed by atoms with van der Waals surface area (Å²) in [6.07, 6.45) is 1.38. The molecule has 1 aromatic carbocycles. The standard InChI is InChI=1S/C18H19N3O4/c1-4-23-13-9-7-6-8-12(13)21-16-15-14(18(22)24-5-2)11(3)25-17(15)20-10-19-16/h6-10H,4-5H2,1-3H3,(H,19,20,21). The molecular formula is C18H19N3O4. The van der Waals surface area contributed by atoms with E-state index in [9.17, 15) is 4.79 Å². The Morgan fingerprint density at radius 2 is 2.00 bits per heavy atom. The van der Waals surface area contributed by atoms with Crippen LogP contribution in [0.4, 0.5) is 11.5 Å². The number of nitrogens with zero attached hydrogens (tertiary/aromatic N) is 2. The Morgan fingerprint density at radius 1 is 1.20 bits per heavy atom. The second-order valence-corrected chi connectivity index (χ2v) is 5.21. The zero-order valence-corrected chi connectivity index (χ0v) is 14.3. The highest BCUT2D eigenvalue weighted by Crippen LogP contribution is 2.33. The number of hydrogen-bond donors (Lipinski definition) is 1. The molecule has 2 aromatic heterocycles. The Morgan fingerprint density at radius 3 is 2.76 bits per heavy atom. The maximum absolute atomic E-state index is 12.3. The zero-order valence-electron chi connectivity index (χ0n) is 14.3. The molecule has 3 aromatic rings. The Kier molecular flexibility index (Phi) is 4.83. The molecule has 0 amide bonds. The highest BCUT2D eigenvalue weighted by Gasteiger charge is 2.24. The van der Waals surface area contributed by atoms with E-state index in [0.717, 1.165) is 5.69 Å². The van der Waals surface area contributed by atoms with E-state index in [1.807, 2.05) is 31.2 Å². The highest BCUT2D eigenvalue weighted by molar-refractivity contribution is 6.08. The van der Waals surface area contributed by atoms with Crippen LogP contribution in [0.25, 0.3) is 11.1 Å². The van der Waals surface area contributed by atoms with E-state index in [0.29, 0.717) is 40.6 Å². The average molecular weight is 341 g/mol. The predicted octanol–water partition coefficient (Wildman–Crippen LogP) is 3.85. The Labute approximate surface area is 145 Å². The number of rotatable bonds is 6. The molecule has 0 atom stereocenters. The molecule has 0 saturated carbocycles. The normalized spacial score (nSPS) is 10.7. The van der Waals surface area contributed by atoms with Crippen molar-refractivity contribution in [2.45, 2.75) is 20.8 Å². The highest BCUT2D eigenvalue weighted by atomic mass is 16.5. The van der Waals surface area contributed by atoms with Crippen LogP contribution in [-0.4, -0.2) is 29.2 Å². The number of nitrogens with one attached hydrogen (secondary N) is 1. The minimum atomic E-state index is -0.463. The van der Waals surface area contributed by atoms with Gasteiger partial charge < -0.3 is 19.2 Å². The lowest BCUT2D eigenvalue weighted by atomic mass is 10.2. The number of ether oxygens (including phenoxy) is 2. The minimum absolute atomic E-state index is 0.272. The van der Waals surface area contributed by atoms with Crippen LogP contribution in [0.1, 0.15) is 30.0 Å². The lowest BCUT2D eigenvalue weighted by Crippen LogP contribution is -2.07. The van der Waals surface area contributed by atoms with Crippen molar-refractivity contribution in [3.05, 3.63) is 41.9 Å². The van der Waals surface area contributed by atoms with Gasteiger partial charge in [0, 0.05) is 0 Å². The molecule has 3 rings (SSSR count). The van der Waals surface area contributed by atoms with Gasteiger partial charge in [-0.3, -0.25) is 0 Å². The average Bonchev–Trinajstić information content (AvgIpc) is 2.94. The molecule has 130 valence electrons. The van der Waals surface area contributed by atoms with Gasteiger partial charge in [0.2, 0.25) is 5.71 Å². The Balaban J connectivity index is 2.10. The fourth-order valence-electron chi connectivity index (χ4n) is 2.57. The summed E-state index contributed by atoms with van der Waals surface area (Å²) in [5.74, 6) is 1.12. The van der Waals surface area contributed by atoms with E-state index < -0.39 is 5.97 Å². The van der Waals surface area contributed by atoms with E-state index in [1.165, 1.54) is 6.33 Å². The van der Waals surface area contributed by atoms with Gasteiger partial charge in [-0.25, -0.2) is 14.8 Å². The summed E-state index contributed by atoms with van der Waals surface area (Å²) < 4.78 is 16.4. The van der Waals surface area contributed by atoms with Crippen LogP contribution in [0, 0.1) is 6.92 Å². The van der Waals surface area contributed by atoms with Crippen molar-refractivity contribution in [1.82, 2.24) is 9.97 Å². The lowest BCUT2D eigenvalue weighted by molar-refractivity contribution is 0.0526. The number of esters is 1. The topological polar surface area (TPSA) is 86.5 Å². The van der Waals surface area contributed by atoms with Gasteiger partial charge in [-0.05, 0) is 32.9 Å². The second-order valence-electron chi connectivity index (χ2n) is 5.21. The number of hydrogen-bond acceptors (Lipinski definition) is 7. The van der Waals surface area contributed by atoms with Crippen LogP contribution in [0.15, 0.2) is 35.0 Å². The van der Waals surface area contributed by atoms with Crippen LogP contribution in [-0.2, 0) is 4.74 Å². The quantitative estimate of drug-likeness (QED) is 0.681. The molecule has 0 aliphatic heterocycles. The number of anilines is 2. The van der Waals surface area contributed by atoms with Crippen molar-refractivity contribution in [3.63, 3.8) is 0 Å². The van der Waals surface area contributed by atoms with Gasteiger partial charge in [0.05, 0.1) is 24.3 Å². The van der Waals surface area contributed by atoms with Crippen molar-refractivity contribution in [2.24, 2.45) is 0 Å². The summed E-state index contributed by atoms with van der Waals surface area (Å²) in [5.41, 5.74) is 1.39. The van der Waals surface area contributed by atoms with E-state index in [4.69, 9.17) is 13.9 Å². The summed E-state index contributed by atoms with van der Waals surface area (Å²) in [4.78, 5) is 20.7. The fraction of sp³-hybridized carbons (Fsp3) is 0.278. The molecule has 0 aliphatic rings. The molecule has 1 N–H and O–H groups in total. The third kappa shape index (κ3) is 3.26. The van der Waals surface area contributed by atoms with Crippen LogP contribution in [0.5, 0.6) is 5.75 Å². The molecule has 0 bridgehead atoms. The van der Waals surface area contributed by atoms with Crippen LogP contribution in [0.2, 0.25) is 0 Å². The molecule has 25 heavy (non-hydrogen) atoms. The molecule has 0 spiro atoms. The second kappa shape index (κ2) is 7.21. The Hall–Kier alpha value is -3.09. The number of aromatic nitrogens is 2. The van der Waals surface area contributed by atoms with E-state index >= 15 is 0 Å². The van der Waals surface area contributed by atoms with Crippen LogP contribution < -0.4 is 10.1 Å². The molecule has 7 heteroatoms. The largest absolute Gasteiger partial charge is 0.492 e. The van der Waals surface area contributed by atoms with Crippen molar-refractivity contribution in [2.75, 3.05) is 18.5 Å². The molecule has 2 heterocycles. The van der Waals surface area contributed by atoms with Gasteiger partial charge >= 0.3 is 5.97 Å². The van der Waals surface area contributed by atoms with Gasteiger partial charge in [0.25, 0.3) is 0 Å².